The molecule has 6 nitrogen and oxygen atoms in total. The lowest BCUT2D eigenvalue weighted by Gasteiger charge is -2.25. The number of benzene rings is 2. The predicted octanol–water partition coefficient (Wildman–Crippen LogP) is 3.46. The quantitative estimate of drug-likeness (QED) is 0.669. The Hall–Kier alpha value is -2.16. The van der Waals surface area contributed by atoms with Gasteiger partial charge in [0.2, 0.25) is 10.0 Å². The SMILES string of the molecule is O=C(NCCOc1ccc(S(=O)(=O)N2CCCCC2)cc1)c1ccc(Cl)cc1F. The topological polar surface area (TPSA) is 75.7 Å². The molecule has 1 N–H and O–H groups in total. The van der Waals surface area contributed by atoms with Gasteiger partial charge in [-0.2, -0.15) is 4.31 Å². The summed E-state index contributed by atoms with van der Waals surface area (Å²) >= 11 is 5.67. The van der Waals surface area contributed by atoms with E-state index in [4.69, 9.17) is 16.3 Å². The van der Waals surface area contributed by atoms with Crippen molar-refractivity contribution in [3.63, 3.8) is 0 Å². The Kier molecular flexibility index (Phi) is 7.10. The van der Waals surface area contributed by atoms with Crippen LogP contribution in [-0.2, 0) is 10.0 Å². The van der Waals surface area contributed by atoms with Crippen LogP contribution in [0.2, 0.25) is 5.02 Å². The summed E-state index contributed by atoms with van der Waals surface area (Å²) in [6.45, 7) is 1.41. The smallest absolute Gasteiger partial charge is 0.254 e. The van der Waals surface area contributed by atoms with Crippen molar-refractivity contribution in [1.82, 2.24) is 9.62 Å². The zero-order chi connectivity index (χ0) is 20.9. The summed E-state index contributed by atoms with van der Waals surface area (Å²) in [4.78, 5) is 12.2. The Balaban J connectivity index is 1.49. The molecule has 0 saturated carbocycles. The minimum atomic E-state index is -3.48. The molecule has 2 aromatic rings. The molecule has 0 atom stereocenters. The van der Waals surface area contributed by atoms with Crippen LogP contribution in [0.25, 0.3) is 0 Å². The van der Waals surface area contributed by atoms with E-state index in [1.807, 2.05) is 0 Å². The van der Waals surface area contributed by atoms with E-state index in [-0.39, 0.29) is 28.6 Å². The Morgan fingerprint density at radius 1 is 1.10 bits per heavy atom. The maximum atomic E-state index is 13.7. The number of hydrogen-bond donors (Lipinski definition) is 1. The van der Waals surface area contributed by atoms with Crippen molar-refractivity contribution in [2.24, 2.45) is 0 Å². The van der Waals surface area contributed by atoms with Crippen molar-refractivity contribution < 1.29 is 22.3 Å². The zero-order valence-electron chi connectivity index (χ0n) is 15.7. The second-order valence-corrected chi connectivity index (χ2v) is 9.04. The third-order valence-electron chi connectivity index (χ3n) is 4.61. The van der Waals surface area contributed by atoms with E-state index >= 15 is 0 Å². The summed E-state index contributed by atoms with van der Waals surface area (Å²) in [5.74, 6) is -0.776. The van der Waals surface area contributed by atoms with Gasteiger partial charge in [-0.05, 0) is 55.3 Å². The molecule has 0 spiro atoms. The Morgan fingerprint density at radius 3 is 2.45 bits per heavy atom. The Labute approximate surface area is 174 Å². The molecule has 156 valence electrons. The first-order valence-electron chi connectivity index (χ1n) is 9.34. The molecule has 1 aliphatic rings. The van der Waals surface area contributed by atoms with Crippen molar-refractivity contribution in [1.29, 1.82) is 0 Å². The summed E-state index contributed by atoms with van der Waals surface area (Å²) in [5.41, 5.74) is -0.0957. The van der Waals surface area contributed by atoms with Gasteiger partial charge in [0.05, 0.1) is 17.0 Å². The highest BCUT2D eigenvalue weighted by Crippen LogP contribution is 2.22. The minimum Gasteiger partial charge on any atom is -0.492 e. The number of nitrogens with zero attached hydrogens (tertiary/aromatic N) is 1. The first-order valence-corrected chi connectivity index (χ1v) is 11.2. The summed E-state index contributed by atoms with van der Waals surface area (Å²) < 4.78 is 46.0. The van der Waals surface area contributed by atoms with Crippen LogP contribution >= 0.6 is 11.6 Å². The lowest BCUT2D eigenvalue weighted by molar-refractivity contribution is 0.0943. The number of nitrogens with one attached hydrogen (secondary N) is 1. The molecular formula is C20H22ClFN2O4S. The first kappa shape index (κ1) is 21.5. The van der Waals surface area contributed by atoms with E-state index in [0.717, 1.165) is 25.3 Å². The van der Waals surface area contributed by atoms with Crippen LogP contribution in [0.15, 0.2) is 47.4 Å². The fourth-order valence-corrected chi connectivity index (χ4v) is 4.74. The number of hydrogen-bond acceptors (Lipinski definition) is 4. The molecule has 29 heavy (non-hydrogen) atoms. The molecular weight excluding hydrogens is 419 g/mol. The average molecular weight is 441 g/mol. The summed E-state index contributed by atoms with van der Waals surface area (Å²) in [5, 5.41) is 2.77. The molecule has 2 aromatic carbocycles. The normalized spacial score (nSPS) is 15.1. The van der Waals surface area contributed by atoms with Crippen LogP contribution in [0.1, 0.15) is 29.6 Å². The molecule has 0 aliphatic carbocycles. The maximum Gasteiger partial charge on any atom is 0.254 e. The van der Waals surface area contributed by atoms with Gasteiger partial charge in [-0.15, -0.1) is 0 Å². The van der Waals surface area contributed by atoms with E-state index < -0.39 is 21.7 Å². The van der Waals surface area contributed by atoms with Crippen molar-refractivity contribution >= 4 is 27.5 Å². The standard InChI is InChI=1S/C20H22ClFN2O4S/c21-15-4-9-18(19(22)14-15)20(25)23-10-13-28-16-5-7-17(8-6-16)29(26,27)24-11-2-1-3-12-24/h4-9,14H,1-3,10-13H2,(H,23,25). The summed E-state index contributed by atoms with van der Waals surface area (Å²) in [6, 6.07) is 10.0. The minimum absolute atomic E-state index is 0.0957. The van der Waals surface area contributed by atoms with Gasteiger partial charge in [-0.1, -0.05) is 18.0 Å². The number of carbonyl (C=O) groups excluding carboxylic acids is 1. The monoisotopic (exact) mass is 440 g/mol. The van der Waals surface area contributed by atoms with Crippen molar-refractivity contribution in [2.45, 2.75) is 24.2 Å². The average Bonchev–Trinajstić information content (AvgIpc) is 2.72. The molecule has 3 rings (SSSR count). The largest absolute Gasteiger partial charge is 0.492 e. The van der Waals surface area contributed by atoms with Gasteiger partial charge in [0.15, 0.2) is 0 Å². The zero-order valence-corrected chi connectivity index (χ0v) is 17.3. The lowest BCUT2D eigenvalue weighted by Crippen LogP contribution is -2.35. The second kappa shape index (κ2) is 9.56. The Bertz CT molecular complexity index is 961. The van der Waals surface area contributed by atoms with Crippen LogP contribution in [0, 0.1) is 5.82 Å². The molecule has 1 amide bonds. The number of carbonyl (C=O) groups is 1. The molecule has 0 radical (unpaired) electrons. The molecule has 1 aliphatic heterocycles. The van der Waals surface area contributed by atoms with Gasteiger partial charge in [0, 0.05) is 18.1 Å². The molecule has 1 fully saturated rings. The van der Waals surface area contributed by atoms with Gasteiger partial charge < -0.3 is 10.1 Å². The third-order valence-corrected chi connectivity index (χ3v) is 6.76. The number of piperidine rings is 1. The van der Waals surface area contributed by atoms with Crippen LogP contribution in [0.4, 0.5) is 4.39 Å². The van der Waals surface area contributed by atoms with Crippen molar-refractivity contribution in [3.8, 4) is 5.75 Å². The van der Waals surface area contributed by atoms with Crippen LogP contribution in [0.3, 0.4) is 0 Å². The predicted molar refractivity (Wildman–Crippen MR) is 108 cm³/mol. The van der Waals surface area contributed by atoms with E-state index in [9.17, 15) is 17.6 Å². The molecule has 0 unspecified atom stereocenters. The van der Waals surface area contributed by atoms with E-state index in [1.165, 1.54) is 28.6 Å². The van der Waals surface area contributed by atoms with Crippen LogP contribution in [-0.4, -0.2) is 44.9 Å². The van der Waals surface area contributed by atoms with Gasteiger partial charge in [-0.25, -0.2) is 12.8 Å². The van der Waals surface area contributed by atoms with Gasteiger partial charge in [-0.3, -0.25) is 4.79 Å². The lowest BCUT2D eigenvalue weighted by atomic mass is 10.2. The highest BCUT2D eigenvalue weighted by atomic mass is 35.5. The van der Waals surface area contributed by atoms with Gasteiger partial charge >= 0.3 is 0 Å². The van der Waals surface area contributed by atoms with Crippen molar-refractivity contribution in [3.05, 3.63) is 58.9 Å². The van der Waals surface area contributed by atoms with Crippen molar-refractivity contribution in [2.75, 3.05) is 26.2 Å². The summed E-state index contributed by atoms with van der Waals surface area (Å²) in [7, 11) is -3.48. The number of ether oxygens (including phenoxy) is 1. The fraction of sp³-hybridized carbons (Fsp3) is 0.350. The molecule has 0 bridgehead atoms. The number of halogens is 2. The number of sulfonamides is 1. The van der Waals surface area contributed by atoms with Gasteiger partial charge in [0.25, 0.3) is 5.91 Å². The molecule has 0 aromatic heterocycles. The second-order valence-electron chi connectivity index (χ2n) is 6.66. The van der Waals surface area contributed by atoms with E-state index in [1.54, 1.807) is 12.1 Å². The molecule has 1 saturated heterocycles. The number of rotatable bonds is 7. The van der Waals surface area contributed by atoms with E-state index in [0.29, 0.717) is 18.8 Å². The molecule has 9 heteroatoms. The first-order chi connectivity index (χ1) is 13.9. The van der Waals surface area contributed by atoms with Crippen LogP contribution < -0.4 is 10.1 Å². The van der Waals surface area contributed by atoms with E-state index in [2.05, 4.69) is 5.32 Å². The highest BCUT2D eigenvalue weighted by Gasteiger charge is 2.25. The highest BCUT2D eigenvalue weighted by molar-refractivity contribution is 7.89. The van der Waals surface area contributed by atoms with Crippen LogP contribution in [0.5, 0.6) is 5.75 Å². The Morgan fingerprint density at radius 2 is 1.79 bits per heavy atom. The summed E-state index contributed by atoms with van der Waals surface area (Å²) in [6.07, 6.45) is 2.82. The molecule has 1 heterocycles. The maximum absolute atomic E-state index is 13.7. The third kappa shape index (κ3) is 5.46. The number of amides is 1. The van der Waals surface area contributed by atoms with Gasteiger partial charge in [0.1, 0.15) is 18.2 Å². The fourth-order valence-electron chi connectivity index (χ4n) is 3.06.